The van der Waals surface area contributed by atoms with E-state index in [2.05, 4.69) is 5.32 Å². The summed E-state index contributed by atoms with van der Waals surface area (Å²) in [7, 11) is 0. The predicted octanol–water partition coefficient (Wildman–Crippen LogP) is 2.34. The Morgan fingerprint density at radius 1 is 1.15 bits per heavy atom. The molecule has 20 heavy (non-hydrogen) atoms. The third-order valence-corrected chi connectivity index (χ3v) is 3.25. The van der Waals surface area contributed by atoms with Crippen LogP contribution in [0, 0.1) is 0 Å². The highest BCUT2D eigenvalue weighted by atomic mass is 35.5. The number of carbonyl (C=O) groups excluding carboxylic acids is 1. The summed E-state index contributed by atoms with van der Waals surface area (Å²) in [4.78, 5) is 12.0. The lowest BCUT2D eigenvalue weighted by atomic mass is 10.1. The van der Waals surface area contributed by atoms with E-state index in [0.29, 0.717) is 22.8 Å². The Morgan fingerprint density at radius 2 is 1.80 bits per heavy atom. The number of nitrogens with one attached hydrogen (secondary N) is 1. The lowest BCUT2D eigenvalue weighted by Gasteiger charge is -2.07. The summed E-state index contributed by atoms with van der Waals surface area (Å²) in [5.41, 5.74) is 8.31. The molecule has 0 aliphatic carbocycles. The molecule has 1 amide bonds. The number of hydrogen-bond acceptors (Lipinski definition) is 3. The van der Waals surface area contributed by atoms with Crippen molar-refractivity contribution in [2.45, 2.75) is 13.2 Å². The first-order valence-electron chi connectivity index (χ1n) is 6.12. The standard InChI is InChI=1S/C15H15ClN2O2/c16-13-7-12(5-6-14(13)17)15(20)18-8-10-1-3-11(9-19)4-2-10/h1-7,19H,8-9,17H2,(H,18,20). The second-order valence-corrected chi connectivity index (χ2v) is 4.80. The number of hydrogen-bond donors (Lipinski definition) is 3. The minimum Gasteiger partial charge on any atom is -0.398 e. The van der Waals surface area contributed by atoms with Crippen molar-refractivity contribution in [1.82, 2.24) is 5.32 Å². The molecule has 0 atom stereocenters. The highest BCUT2D eigenvalue weighted by Crippen LogP contribution is 2.19. The lowest BCUT2D eigenvalue weighted by molar-refractivity contribution is 0.0951. The molecular formula is C15H15ClN2O2. The maximum absolute atomic E-state index is 12.0. The van der Waals surface area contributed by atoms with Crippen LogP contribution in [0.4, 0.5) is 5.69 Å². The first kappa shape index (κ1) is 14.4. The van der Waals surface area contributed by atoms with Crippen LogP contribution in [0.25, 0.3) is 0 Å². The molecular weight excluding hydrogens is 276 g/mol. The van der Waals surface area contributed by atoms with E-state index in [1.807, 2.05) is 24.3 Å². The smallest absolute Gasteiger partial charge is 0.251 e. The Kier molecular flexibility index (Phi) is 4.61. The van der Waals surface area contributed by atoms with Crippen molar-refractivity contribution >= 4 is 23.2 Å². The molecule has 0 aliphatic rings. The predicted molar refractivity (Wildman–Crippen MR) is 79.4 cm³/mol. The zero-order valence-corrected chi connectivity index (χ0v) is 11.5. The molecule has 0 saturated carbocycles. The Labute approximate surface area is 122 Å². The normalized spacial score (nSPS) is 10.3. The molecule has 0 aromatic heterocycles. The summed E-state index contributed by atoms with van der Waals surface area (Å²) in [6, 6.07) is 12.1. The Balaban J connectivity index is 1.98. The first-order valence-corrected chi connectivity index (χ1v) is 6.50. The average molecular weight is 291 g/mol. The third kappa shape index (κ3) is 3.50. The molecule has 104 valence electrons. The fourth-order valence-electron chi connectivity index (χ4n) is 1.72. The molecule has 0 spiro atoms. The van der Waals surface area contributed by atoms with Gasteiger partial charge in [-0.2, -0.15) is 0 Å². The number of halogens is 1. The van der Waals surface area contributed by atoms with Gasteiger partial charge in [-0.15, -0.1) is 0 Å². The van der Waals surface area contributed by atoms with Gasteiger partial charge in [0.2, 0.25) is 0 Å². The van der Waals surface area contributed by atoms with Crippen molar-refractivity contribution in [3.63, 3.8) is 0 Å². The maximum atomic E-state index is 12.0. The van der Waals surface area contributed by atoms with E-state index in [1.54, 1.807) is 18.2 Å². The van der Waals surface area contributed by atoms with E-state index in [1.165, 1.54) is 0 Å². The van der Waals surface area contributed by atoms with E-state index < -0.39 is 0 Å². The summed E-state index contributed by atoms with van der Waals surface area (Å²) >= 11 is 5.88. The second kappa shape index (κ2) is 6.41. The molecule has 0 heterocycles. The SMILES string of the molecule is Nc1ccc(C(=O)NCc2ccc(CO)cc2)cc1Cl. The van der Waals surface area contributed by atoms with Crippen LogP contribution in [0.3, 0.4) is 0 Å². The monoisotopic (exact) mass is 290 g/mol. The van der Waals surface area contributed by atoms with Gasteiger partial charge in [0.05, 0.1) is 17.3 Å². The van der Waals surface area contributed by atoms with E-state index in [0.717, 1.165) is 11.1 Å². The number of rotatable bonds is 4. The van der Waals surface area contributed by atoms with Gasteiger partial charge in [0.1, 0.15) is 0 Å². The van der Waals surface area contributed by atoms with E-state index in [-0.39, 0.29) is 12.5 Å². The molecule has 2 aromatic rings. The average Bonchev–Trinajstić information content (AvgIpc) is 2.48. The minimum atomic E-state index is -0.210. The van der Waals surface area contributed by atoms with E-state index >= 15 is 0 Å². The molecule has 0 saturated heterocycles. The van der Waals surface area contributed by atoms with Crippen LogP contribution in [0.15, 0.2) is 42.5 Å². The number of aliphatic hydroxyl groups excluding tert-OH is 1. The van der Waals surface area contributed by atoms with Gasteiger partial charge < -0.3 is 16.2 Å². The highest BCUT2D eigenvalue weighted by Gasteiger charge is 2.07. The summed E-state index contributed by atoms with van der Waals surface area (Å²) in [5.74, 6) is -0.210. The van der Waals surface area contributed by atoms with Crippen LogP contribution in [-0.2, 0) is 13.2 Å². The quantitative estimate of drug-likeness (QED) is 0.757. The molecule has 2 aromatic carbocycles. The van der Waals surface area contributed by atoms with Crippen molar-refractivity contribution in [3.05, 3.63) is 64.2 Å². The van der Waals surface area contributed by atoms with Gasteiger partial charge in [-0.1, -0.05) is 35.9 Å². The van der Waals surface area contributed by atoms with Crippen molar-refractivity contribution in [2.75, 3.05) is 5.73 Å². The topological polar surface area (TPSA) is 75.4 Å². The fraction of sp³-hybridized carbons (Fsp3) is 0.133. The molecule has 5 heteroatoms. The molecule has 0 bridgehead atoms. The van der Waals surface area contributed by atoms with Gasteiger partial charge in [0, 0.05) is 12.1 Å². The molecule has 0 radical (unpaired) electrons. The van der Waals surface area contributed by atoms with Crippen molar-refractivity contribution in [2.24, 2.45) is 0 Å². The Morgan fingerprint density at radius 3 is 2.40 bits per heavy atom. The highest BCUT2D eigenvalue weighted by molar-refractivity contribution is 6.33. The summed E-state index contributed by atoms with van der Waals surface area (Å²) in [6.45, 7) is 0.420. The van der Waals surface area contributed by atoms with Crippen LogP contribution in [0.1, 0.15) is 21.5 Å². The van der Waals surface area contributed by atoms with Gasteiger partial charge in [-0.3, -0.25) is 4.79 Å². The van der Waals surface area contributed by atoms with Crippen LogP contribution < -0.4 is 11.1 Å². The number of amides is 1. The number of anilines is 1. The zero-order chi connectivity index (χ0) is 14.5. The molecule has 4 N–H and O–H groups in total. The van der Waals surface area contributed by atoms with Crippen molar-refractivity contribution in [3.8, 4) is 0 Å². The zero-order valence-electron chi connectivity index (χ0n) is 10.8. The minimum absolute atomic E-state index is 0.0105. The number of nitrogens with two attached hydrogens (primary N) is 1. The van der Waals surface area contributed by atoms with Crippen molar-refractivity contribution in [1.29, 1.82) is 0 Å². The second-order valence-electron chi connectivity index (χ2n) is 4.39. The number of nitrogen functional groups attached to an aromatic ring is 1. The number of carbonyl (C=O) groups is 1. The molecule has 2 rings (SSSR count). The third-order valence-electron chi connectivity index (χ3n) is 2.92. The largest absolute Gasteiger partial charge is 0.398 e. The summed E-state index contributed by atoms with van der Waals surface area (Å²) < 4.78 is 0. The molecule has 0 unspecified atom stereocenters. The van der Waals surface area contributed by atoms with E-state index in [4.69, 9.17) is 22.4 Å². The van der Waals surface area contributed by atoms with Gasteiger partial charge >= 0.3 is 0 Å². The fourth-order valence-corrected chi connectivity index (χ4v) is 1.90. The molecule has 0 fully saturated rings. The van der Waals surface area contributed by atoms with Crippen molar-refractivity contribution < 1.29 is 9.90 Å². The lowest BCUT2D eigenvalue weighted by Crippen LogP contribution is -2.22. The Hall–Kier alpha value is -2.04. The number of aliphatic hydroxyl groups is 1. The summed E-state index contributed by atoms with van der Waals surface area (Å²) in [5, 5.41) is 12.1. The molecule has 4 nitrogen and oxygen atoms in total. The maximum Gasteiger partial charge on any atom is 0.251 e. The first-order chi connectivity index (χ1) is 9.60. The van der Waals surface area contributed by atoms with Gasteiger partial charge in [-0.25, -0.2) is 0 Å². The van der Waals surface area contributed by atoms with Gasteiger partial charge in [-0.05, 0) is 29.3 Å². The van der Waals surface area contributed by atoms with Gasteiger partial charge in [0.25, 0.3) is 5.91 Å². The number of benzene rings is 2. The van der Waals surface area contributed by atoms with E-state index in [9.17, 15) is 4.79 Å². The molecule has 0 aliphatic heterocycles. The van der Waals surface area contributed by atoms with Gasteiger partial charge in [0.15, 0.2) is 0 Å². The van der Waals surface area contributed by atoms with Crippen LogP contribution in [0.2, 0.25) is 5.02 Å². The van der Waals surface area contributed by atoms with Crippen LogP contribution >= 0.6 is 11.6 Å². The Bertz CT molecular complexity index is 612. The van der Waals surface area contributed by atoms with Crippen LogP contribution in [-0.4, -0.2) is 11.0 Å². The van der Waals surface area contributed by atoms with Crippen LogP contribution in [0.5, 0.6) is 0 Å². The summed E-state index contributed by atoms with van der Waals surface area (Å²) in [6.07, 6.45) is 0.